The summed E-state index contributed by atoms with van der Waals surface area (Å²) in [5.41, 5.74) is 0.652. The Bertz CT molecular complexity index is 331. The van der Waals surface area contributed by atoms with Crippen molar-refractivity contribution in [3.63, 3.8) is 0 Å². The number of carbonyl (C=O) groups is 1. The molecule has 3 aliphatic rings. The number of carbonyl (C=O) groups excluding carboxylic acids is 1. The monoisotopic (exact) mass is 266 g/mol. The van der Waals surface area contributed by atoms with Gasteiger partial charge in [0.15, 0.2) is 0 Å². The molecule has 0 aromatic carbocycles. The minimum Gasteiger partial charge on any atom is -0.453 e. The first-order valence-electron chi connectivity index (χ1n) is 7.82. The van der Waals surface area contributed by atoms with Crippen LogP contribution < -0.4 is 5.32 Å². The maximum atomic E-state index is 11.5. The Labute approximate surface area is 115 Å². The number of nitrogens with one attached hydrogen (secondary N) is 1. The molecule has 3 fully saturated rings. The molecule has 1 aliphatic heterocycles. The van der Waals surface area contributed by atoms with E-state index in [-0.39, 0.29) is 6.09 Å². The zero-order chi connectivity index (χ0) is 13.3. The Morgan fingerprint density at radius 1 is 1.16 bits per heavy atom. The number of hydrogen-bond acceptors (Lipinski definition) is 3. The molecule has 0 aromatic rings. The van der Waals surface area contributed by atoms with E-state index in [0.29, 0.717) is 11.5 Å². The Kier molecular flexibility index (Phi) is 3.70. The molecule has 3 rings (SSSR count). The van der Waals surface area contributed by atoms with E-state index in [9.17, 15) is 4.79 Å². The Balaban J connectivity index is 1.46. The minimum absolute atomic E-state index is 0.172. The summed E-state index contributed by atoms with van der Waals surface area (Å²) in [5.74, 6) is 0. The first-order chi connectivity index (χ1) is 9.23. The number of methoxy groups -OCH3 is 1. The van der Waals surface area contributed by atoms with E-state index in [2.05, 4.69) is 5.32 Å². The highest BCUT2D eigenvalue weighted by Crippen LogP contribution is 2.53. The van der Waals surface area contributed by atoms with Gasteiger partial charge in [-0.3, -0.25) is 0 Å². The summed E-state index contributed by atoms with van der Waals surface area (Å²) in [4.78, 5) is 13.3. The van der Waals surface area contributed by atoms with Crippen LogP contribution in [0.4, 0.5) is 4.79 Å². The topological polar surface area (TPSA) is 41.6 Å². The predicted molar refractivity (Wildman–Crippen MR) is 74.1 cm³/mol. The second-order valence-electron chi connectivity index (χ2n) is 6.56. The Morgan fingerprint density at radius 3 is 2.37 bits per heavy atom. The van der Waals surface area contributed by atoms with E-state index >= 15 is 0 Å². The summed E-state index contributed by atoms with van der Waals surface area (Å²) in [6.45, 7) is 1.67. The van der Waals surface area contributed by atoms with Crippen molar-refractivity contribution in [3.8, 4) is 0 Å². The molecule has 0 radical (unpaired) electrons. The fourth-order valence-electron chi connectivity index (χ4n) is 4.28. The molecule has 1 unspecified atom stereocenters. The third-order valence-corrected chi connectivity index (χ3v) is 5.63. The molecule has 0 bridgehead atoms. The van der Waals surface area contributed by atoms with Crippen LogP contribution in [-0.4, -0.2) is 43.3 Å². The SMILES string of the molecule is COC(=O)N1CCC(NC2CCC23CCCC3)CC1. The zero-order valence-corrected chi connectivity index (χ0v) is 12.0. The van der Waals surface area contributed by atoms with Crippen molar-refractivity contribution in [1.29, 1.82) is 0 Å². The molecule has 1 heterocycles. The fraction of sp³-hybridized carbons (Fsp3) is 0.933. The average molecular weight is 266 g/mol. The number of nitrogens with zero attached hydrogens (tertiary/aromatic N) is 1. The minimum atomic E-state index is -0.172. The highest BCUT2D eigenvalue weighted by atomic mass is 16.5. The van der Waals surface area contributed by atoms with Gasteiger partial charge in [-0.25, -0.2) is 4.79 Å². The number of piperidine rings is 1. The zero-order valence-electron chi connectivity index (χ0n) is 12.0. The van der Waals surface area contributed by atoms with Crippen molar-refractivity contribution in [2.75, 3.05) is 20.2 Å². The molecule has 1 spiro atoms. The number of ether oxygens (including phenoxy) is 1. The molecular weight excluding hydrogens is 240 g/mol. The Hall–Kier alpha value is -0.770. The molecule has 108 valence electrons. The largest absolute Gasteiger partial charge is 0.453 e. The van der Waals surface area contributed by atoms with E-state index in [1.165, 1.54) is 45.6 Å². The lowest BCUT2D eigenvalue weighted by molar-refractivity contribution is 0.0518. The quantitative estimate of drug-likeness (QED) is 0.835. The molecule has 1 amide bonds. The summed E-state index contributed by atoms with van der Waals surface area (Å²) < 4.78 is 4.78. The summed E-state index contributed by atoms with van der Waals surface area (Å²) in [6, 6.07) is 1.35. The van der Waals surface area contributed by atoms with Crippen LogP contribution in [0.1, 0.15) is 51.4 Å². The smallest absolute Gasteiger partial charge is 0.409 e. The van der Waals surface area contributed by atoms with Crippen molar-refractivity contribution in [1.82, 2.24) is 10.2 Å². The van der Waals surface area contributed by atoms with E-state index in [1.54, 1.807) is 0 Å². The fourth-order valence-corrected chi connectivity index (χ4v) is 4.28. The van der Waals surface area contributed by atoms with Gasteiger partial charge in [-0.05, 0) is 43.9 Å². The van der Waals surface area contributed by atoms with Crippen LogP contribution in [0.25, 0.3) is 0 Å². The van der Waals surface area contributed by atoms with Crippen molar-refractivity contribution in [2.24, 2.45) is 5.41 Å². The molecule has 19 heavy (non-hydrogen) atoms. The molecule has 4 heteroatoms. The van der Waals surface area contributed by atoms with Gasteiger partial charge in [0.2, 0.25) is 0 Å². The molecule has 1 saturated heterocycles. The molecule has 1 atom stereocenters. The molecule has 4 nitrogen and oxygen atoms in total. The standard InChI is InChI=1S/C15H26N2O2/c1-19-14(18)17-10-5-12(6-11-17)16-13-4-9-15(13)7-2-3-8-15/h12-13,16H,2-11H2,1H3. The first kappa shape index (κ1) is 13.2. The van der Waals surface area contributed by atoms with E-state index in [1.807, 2.05) is 4.90 Å². The average Bonchev–Trinajstić information content (AvgIpc) is 2.95. The van der Waals surface area contributed by atoms with Gasteiger partial charge in [0.05, 0.1) is 7.11 Å². The molecule has 2 saturated carbocycles. The van der Waals surface area contributed by atoms with E-state index in [4.69, 9.17) is 4.74 Å². The van der Waals surface area contributed by atoms with Crippen molar-refractivity contribution < 1.29 is 9.53 Å². The summed E-state index contributed by atoms with van der Waals surface area (Å²) in [6.07, 6.45) is 10.5. The van der Waals surface area contributed by atoms with Crippen LogP contribution in [0, 0.1) is 5.41 Å². The van der Waals surface area contributed by atoms with Crippen LogP contribution in [0.15, 0.2) is 0 Å². The van der Waals surface area contributed by atoms with E-state index in [0.717, 1.165) is 32.0 Å². The van der Waals surface area contributed by atoms with Crippen molar-refractivity contribution in [3.05, 3.63) is 0 Å². The van der Waals surface area contributed by atoms with Gasteiger partial charge < -0.3 is 15.0 Å². The predicted octanol–water partition coefficient (Wildman–Crippen LogP) is 2.53. The lowest BCUT2D eigenvalue weighted by Gasteiger charge is -2.50. The highest BCUT2D eigenvalue weighted by Gasteiger charge is 2.48. The lowest BCUT2D eigenvalue weighted by atomic mass is 9.63. The Morgan fingerprint density at radius 2 is 1.84 bits per heavy atom. The third kappa shape index (κ3) is 2.47. The van der Waals surface area contributed by atoms with Crippen LogP contribution in [0.5, 0.6) is 0 Å². The number of amides is 1. The van der Waals surface area contributed by atoms with Gasteiger partial charge >= 0.3 is 6.09 Å². The maximum absolute atomic E-state index is 11.5. The van der Waals surface area contributed by atoms with Gasteiger partial charge in [-0.1, -0.05) is 12.8 Å². The summed E-state index contributed by atoms with van der Waals surface area (Å²) in [7, 11) is 1.46. The molecule has 1 N–H and O–H groups in total. The number of rotatable bonds is 2. The van der Waals surface area contributed by atoms with Crippen LogP contribution >= 0.6 is 0 Å². The van der Waals surface area contributed by atoms with Crippen molar-refractivity contribution >= 4 is 6.09 Å². The molecule has 2 aliphatic carbocycles. The van der Waals surface area contributed by atoms with Gasteiger partial charge in [0, 0.05) is 25.2 Å². The van der Waals surface area contributed by atoms with E-state index < -0.39 is 0 Å². The normalized spacial score (nSPS) is 30.4. The second kappa shape index (κ2) is 5.31. The maximum Gasteiger partial charge on any atom is 0.409 e. The first-order valence-corrected chi connectivity index (χ1v) is 7.82. The second-order valence-corrected chi connectivity index (χ2v) is 6.56. The van der Waals surface area contributed by atoms with Gasteiger partial charge in [0.1, 0.15) is 0 Å². The van der Waals surface area contributed by atoms with Gasteiger partial charge in [-0.2, -0.15) is 0 Å². The number of hydrogen-bond donors (Lipinski definition) is 1. The van der Waals surface area contributed by atoms with Gasteiger partial charge in [-0.15, -0.1) is 0 Å². The van der Waals surface area contributed by atoms with Crippen LogP contribution in [0.2, 0.25) is 0 Å². The lowest BCUT2D eigenvalue weighted by Crippen LogP contribution is -2.57. The van der Waals surface area contributed by atoms with Crippen LogP contribution in [0.3, 0.4) is 0 Å². The number of likely N-dealkylation sites (tertiary alicyclic amines) is 1. The van der Waals surface area contributed by atoms with Gasteiger partial charge in [0.25, 0.3) is 0 Å². The summed E-state index contributed by atoms with van der Waals surface area (Å²) >= 11 is 0. The molecular formula is C15H26N2O2. The molecule has 0 aromatic heterocycles. The third-order valence-electron chi connectivity index (χ3n) is 5.63. The highest BCUT2D eigenvalue weighted by molar-refractivity contribution is 5.67. The summed E-state index contributed by atoms with van der Waals surface area (Å²) in [5, 5.41) is 3.89. The van der Waals surface area contributed by atoms with Crippen molar-refractivity contribution in [2.45, 2.75) is 63.5 Å². The van der Waals surface area contributed by atoms with Crippen LogP contribution in [-0.2, 0) is 4.74 Å².